The van der Waals surface area contributed by atoms with Crippen molar-refractivity contribution in [3.8, 4) is 0 Å². The van der Waals surface area contributed by atoms with E-state index in [4.69, 9.17) is 0 Å². The topological polar surface area (TPSA) is 41.1 Å². The monoisotopic (exact) mass is 224 g/mol. The average molecular weight is 224 g/mol. The fourth-order valence-electron chi connectivity index (χ4n) is 1.64. The van der Waals surface area contributed by atoms with Crippen molar-refractivity contribution in [2.75, 3.05) is 6.54 Å². The third-order valence-corrected chi connectivity index (χ3v) is 2.82. The second kappa shape index (κ2) is 4.28. The summed E-state index contributed by atoms with van der Waals surface area (Å²) in [5.74, 6) is 0. The quantitative estimate of drug-likeness (QED) is 0.758. The molecule has 0 aromatic heterocycles. The van der Waals surface area contributed by atoms with E-state index in [2.05, 4.69) is 5.32 Å². The van der Waals surface area contributed by atoms with Crippen LogP contribution in [0.1, 0.15) is 32.6 Å². The average Bonchev–Trinajstić information content (AvgIpc) is 2.07. The lowest BCUT2D eigenvalue weighted by molar-refractivity contribution is -0.122. The Morgan fingerprint density at radius 3 is 2.33 bits per heavy atom. The molecule has 0 aromatic carbocycles. The minimum absolute atomic E-state index is 0.268. The van der Waals surface area contributed by atoms with Gasteiger partial charge in [0.15, 0.2) is 0 Å². The summed E-state index contributed by atoms with van der Waals surface area (Å²) in [5, 5.41) is 4.41. The summed E-state index contributed by atoms with van der Waals surface area (Å²) >= 11 is 0. The number of alkyl halides is 3. The van der Waals surface area contributed by atoms with Crippen LogP contribution in [0.5, 0.6) is 0 Å². The van der Waals surface area contributed by atoms with Crippen molar-refractivity contribution >= 4 is 6.03 Å². The van der Waals surface area contributed by atoms with Crippen LogP contribution in [0.4, 0.5) is 18.0 Å². The fraction of sp³-hybridized carbons (Fsp3) is 0.889. The Bertz CT molecular complexity index is 230. The van der Waals surface area contributed by atoms with Crippen LogP contribution >= 0.6 is 0 Å². The molecule has 88 valence electrons. The molecule has 0 spiro atoms. The Hall–Kier alpha value is -0.940. The molecule has 0 unspecified atom stereocenters. The van der Waals surface area contributed by atoms with Gasteiger partial charge in [-0.05, 0) is 25.7 Å². The molecular formula is C9H15F3N2O. The third-order valence-electron chi connectivity index (χ3n) is 2.82. The van der Waals surface area contributed by atoms with Gasteiger partial charge in [-0.15, -0.1) is 0 Å². The highest BCUT2D eigenvalue weighted by Gasteiger charge is 2.37. The summed E-state index contributed by atoms with van der Waals surface area (Å²) in [6.07, 6.45) is -0.873. The highest BCUT2D eigenvalue weighted by atomic mass is 19.4. The van der Waals surface area contributed by atoms with E-state index in [0.29, 0.717) is 0 Å². The number of urea groups is 1. The predicted molar refractivity (Wildman–Crippen MR) is 49.5 cm³/mol. The standard InChI is InChI=1S/C9H15F3N2O/c1-2-8(4-3-5-8)14-7(15)13-6-9(10,11)12/h2-6H2,1H3,(H2,13,14,15). The van der Waals surface area contributed by atoms with Gasteiger partial charge >= 0.3 is 12.2 Å². The number of carbonyl (C=O) groups excluding carboxylic acids is 1. The van der Waals surface area contributed by atoms with Gasteiger partial charge in [-0.3, -0.25) is 0 Å². The second-order valence-electron chi connectivity index (χ2n) is 3.91. The van der Waals surface area contributed by atoms with E-state index in [-0.39, 0.29) is 5.54 Å². The molecule has 0 aromatic rings. The van der Waals surface area contributed by atoms with Gasteiger partial charge in [-0.1, -0.05) is 6.92 Å². The van der Waals surface area contributed by atoms with Crippen LogP contribution in [0.3, 0.4) is 0 Å². The zero-order valence-corrected chi connectivity index (χ0v) is 8.58. The van der Waals surface area contributed by atoms with Crippen molar-refractivity contribution in [3.05, 3.63) is 0 Å². The third kappa shape index (κ3) is 3.60. The molecule has 1 aliphatic carbocycles. The molecule has 1 rings (SSSR count). The molecule has 15 heavy (non-hydrogen) atoms. The van der Waals surface area contributed by atoms with Crippen molar-refractivity contribution in [1.82, 2.24) is 10.6 Å². The highest BCUT2D eigenvalue weighted by Crippen LogP contribution is 2.34. The first kappa shape index (κ1) is 12.1. The normalized spacial score (nSPS) is 19.2. The number of rotatable bonds is 3. The number of hydrogen-bond donors (Lipinski definition) is 2. The summed E-state index contributed by atoms with van der Waals surface area (Å²) in [5.41, 5.74) is -0.268. The number of nitrogens with one attached hydrogen (secondary N) is 2. The highest BCUT2D eigenvalue weighted by molar-refractivity contribution is 5.75. The summed E-state index contributed by atoms with van der Waals surface area (Å²) in [4.78, 5) is 11.1. The number of amides is 2. The van der Waals surface area contributed by atoms with Gasteiger partial charge < -0.3 is 10.6 Å². The van der Waals surface area contributed by atoms with Gasteiger partial charge in [0.1, 0.15) is 6.54 Å². The predicted octanol–water partition coefficient (Wildman–Crippen LogP) is 2.18. The largest absolute Gasteiger partial charge is 0.405 e. The van der Waals surface area contributed by atoms with Crippen LogP contribution in [0.2, 0.25) is 0 Å². The smallest absolute Gasteiger partial charge is 0.333 e. The Morgan fingerprint density at radius 1 is 1.40 bits per heavy atom. The van der Waals surface area contributed by atoms with Crippen LogP contribution in [0, 0.1) is 0 Å². The lowest BCUT2D eigenvalue weighted by Crippen LogP contribution is -2.56. The SMILES string of the molecule is CCC1(NC(=O)NCC(F)(F)F)CCC1. The summed E-state index contributed by atoms with van der Waals surface area (Å²) in [6, 6.07) is -0.728. The van der Waals surface area contributed by atoms with E-state index in [1.165, 1.54) is 0 Å². The lowest BCUT2D eigenvalue weighted by atomic mass is 9.75. The maximum atomic E-state index is 11.8. The molecule has 6 heteroatoms. The van der Waals surface area contributed by atoms with Crippen LogP contribution in [0.15, 0.2) is 0 Å². The Labute approximate surface area is 86.4 Å². The van der Waals surface area contributed by atoms with Crippen molar-refractivity contribution in [1.29, 1.82) is 0 Å². The van der Waals surface area contributed by atoms with E-state index >= 15 is 0 Å². The Balaban J connectivity index is 2.29. The zero-order valence-electron chi connectivity index (χ0n) is 8.58. The van der Waals surface area contributed by atoms with Crippen molar-refractivity contribution in [3.63, 3.8) is 0 Å². The molecule has 0 atom stereocenters. The maximum Gasteiger partial charge on any atom is 0.405 e. The zero-order chi connectivity index (χ0) is 11.5. The van der Waals surface area contributed by atoms with Crippen molar-refractivity contribution in [2.24, 2.45) is 0 Å². The Kier molecular flexibility index (Phi) is 3.46. The number of carbonyl (C=O) groups is 1. The minimum atomic E-state index is -4.35. The van der Waals surface area contributed by atoms with Gasteiger partial charge in [0, 0.05) is 5.54 Å². The van der Waals surface area contributed by atoms with Crippen LogP contribution < -0.4 is 10.6 Å². The van der Waals surface area contributed by atoms with Gasteiger partial charge in [0.25, 0.3) is 0 Å². The van der Waals surface area contributed by atoms with E-state index in [0.717, 1.165) is 25.7 Å². The van der Waals surface area contributed by atoms with Crippen LogP contribution in [-0.2, 0) is 0 Å². The molecule has 0 radical (unpaired) electrons. The first-order valence-corrected chi connectivity index (χ1v) is 5.00. The lowest BCUT2D eigenvalue weighted by Gasteiger charge is -2.41. The second-order valence-corrected chi connectivity index (χ2v) is 3.91. The minimum Gasteiger partial charge on any atom is -0.333 e. The van der Waals surface area contributed by atoms with Crippen LogP contribution in [-0.4, -0.2) is 24.3 Å². The van der Waals surface area contributed by atoms with Crippen molar-refractivity contribution in [2.45, 2.75) is 44.3 Å². The molecule has 1 fully saturated rings. The first-order chi connectivity index (χ1) is 6.87. The molecule has 0 bridgehead atoms. The molecule has 0 aliphatic heterocycles. The van der Waals surface area contributed by atoms with E-state index in [9.17, 15) is 18.0 Å². The summed E-state index contributed by atoms with van der Waals surface area (Å²) in [7, 11) is 0. The molecule has 3 nitrogen and oxygen atoms in total. The summed E-state index contributed by atoms with van der Waals surface area (Å²) < 4.78 is 35.4. The molecule has 2 amide bonds. The van der Waals surface area contributed by atoms with Gasteiger partial charge in [0.2, 0.25) is 0 Å². The molecule has 1 aliphatic rings. The summed E-state index contributed by atoms with van der Waals surface area (Å²) in [6.45, 7) is 0.641. The fourth-order valence-corrected chi connectivity index (χ4v) is 1.64. The van der Waals surface area contributed by atoms with E-state index < -0.39 is 18.8 Å². The van der Waals surface area contributed by atoms with Gasteiger partial charge in [-0.2, -0.15) is 13.2 Å². The first-order valence-electron chi connectivity index (χ1n) is 5.00. The van der Waals surface area contributed by atoms with Crippen LogP contribution in [0.25, 0.3) is 0 Å². The molecule has 1 saturated carbocycles. The molecule has 0 saturated heterocycles. The van der Waals surface area contributed by atoms with E-state index in [1.807, 2.05) is 6.92 Å². The Morgan fingerprint density at radius 2 is 2.00 bits per heavy atom. The number of hydrogen-bond acceptors (Lipinski definition) is 1. The maximum absolute atomic E-state index is 11.8. The van der Waals surface area contributed by atoms with E-state index in [1.54, 1.807) is 5.32 Å². The molecule has 0 heterocycles. The van der Waals surface area contributed by atoms with Crippen molar-refractivity contribution < 1.29 is 18.0 Å². The van der Waals surface area contributed by atoms with Gasteiger partial charge in [-0.25, -0.2) is 4.79 Å². The van der Waals surface area contributed by atoms with Gasteiger partial charge in [0.05, 0.1) is 0 Å². The molecule has 2 N–H and O–H groups in total. The molecular weight excluding hydrogens is 209 g/mol. The number of halogens is 3.